The smallest absolute Gasteiger partial charge is 0.248 e. The Hall–Kier alpha value is -1.26. The largest absolute Gasteiger partial charge is 0.342 e. The average Bonchev–Trinajstić information content (AvgIpc) is 2.41. The molecule has 0 spiro atoms. The summed E-state index contributed by atoms with van der Waals surface area (Å²) in [6.45, 7) is 5.64. The van der Waals surface area contributed by atoms with Gasteiger partial charge in [0, 0.05) is 29.1 Å². The van der Waals surface area contributed by atoms with Crippen LogP contribution in [0.5, 0.6) is 0 Å². The van der Waals surface area contributed by atoms with Crippen molar-refractivity contribution in [2.24, 2.45) is 0 Å². The molecule has 6 heteroatoms. The molecule has 0 aliphatic carbocycles. The zero-order chi connectivity index (χ0) is 15.8. The molecule has 0 aromatic heterocycles. The SMILES string of the molecule is CC1CC(=O)NC(C)(C)C(=O)N1Cc1ccc(Cl)cc1Cl. The van der Waals surface area contributed by atoms with E-state index in [1.54, 1.807) is 36.9 Å². The second kappa shape index (κ2) is 5.85. The Morgan fingerprint density at radius 1 is 1.33 bits per heavy atom. The van der Waals surface area contributed by atoms with Crippen molar-refractivity contribution in [2.75, 3.05) is 0 Å². The van der Waals surface area contributed by atoms with Crippen LogP contribution in [0, 0.1) is 0 Å². The molecule has 1 aliphatic rings. The summed E-state index contributed by atoms with van der Waals surface area (Å²) in [5.41, 5.74) is -0.104. The number of nitrogens with one attached hydrogen (secondary N) is 1. The van der Waals surface area contributed by atoms with E-state index in [2.05, 4.69) is 5.32 Å². The highest BCUT2D eigenvalue weighted by molar-refractivity contribution is 6.35. The Kier molecular flexibility index (Phi) is 4.49. The van der Waals surface area contributed by atoms with Crippen LogP contribution >= 0.6 is 23.2 Å². The van der Waals surface area contributed by atoms with Gasteiger partial charge in [0.1, 0.15) is 5.54 Å². The van der Waals surface area contributed by atoms with E-state index >= 15 is 0 Å². The molecule has 0 saturated carbocycles. The average molecular weight is 329 g/mol. The van der Waals surface area contributed by atoms with E-state index in [9.17, 15) is 9.59 Å². The van der Waals surface area contributed by atoms with Crippen molar-refractivity contribution in [3.05, 3.63) is 33.8 Å². The Labute approximate surface area is 134 Å². The van der Waals surface area contributed by atoms with Gasteiger partial charge in [-0.3, -0.25) is 9.59 Å². The lowest BCUT2D eigenvalue weighted by Crippen LogP contribution is -2.53. The minimum atomic E-state index is -0.916. The normalized spacial score (nSPS) is 22.0. The van der Waals surface area contributed by atoms with Gasteiger partial charge in [0.2, 0.25) is 11.8 Å². The first kappa shape index (κ1) is 16.1. The van der Waals surface area contributed by atoms with Gasteiger partial charge in [0.25, 0.3) is 0 Å². The number of hydrogen-bond donors (Lipinski definition) is 1. The molecule has 21 heavy (non-hydrogen) atoms. The van der Waals surface area contributed by atoms with Crippen molar-refractivity contribution in [3.8, 4) is 0 Å². The zero-order valence-electron chi connectivity index (χ0n) is 12.2. The van der Waals surface area contributed by atoms with Gasteiger partial charge >= 0.3 is 0 Å². The maximum absolute atomic E-state index is 12.6. The number of carbonyl (C=O) groups excluding carboxylic acids is 2. The summed E-state index contributed by atoms with van der Waals surface area (Å²) in [5, 5.41) is 3.82. The third-order valence-corrected chi connectivity index (χ3v) is 4.20. The highest BCUT2D eigenvalue weighted by atomic mass is 35.5. The molecule has 114 valence electrons. The number of hydrogen-bond acceptors (Lipinski definition) is 2. The molecule has 1 aromatic carbocycles. The fraction of sp³-hybridized carbons (Fsp3) is 0.467. The van der Waals surface area contributed by atoms with E-state index in [1.165, 1.54) is 0 Å². The van der Waals surface area contributed by atoms with E-state index in [-0.39, 0.29) is 24.3 Å². The van der Waals surface area contributed by atoms with Crippen LogP contribution in [0.15, 0.2) is 18.2 Å². The predicted octanol–water partition coefficient (Wildman–Crippen LogP) is 3.01. The molecule has 1 aromatic rings. The third kappa shape index (κ3) is 3.50. The van der Waals surface area contributed by atoms with Crippen molar-refractivity contribution in [1.82, 2.24) is 10.2 Å². The molecule has 4 nitrogen and oxygen atoms in total. The highest BCUT2D eigenvalue weighted by Crippen LogP contribution is 2.26. The monoisotopic (exact) mass is 328 g/mol. The van der Waals surface area contributed by atoms with Crippen LogP contribution in [0.4, 0.5) is 0 Å². The molecule has 1 heterocycles. The summed E-state index contributed by atoms with van der Waals surface area (Å²) in [5.74, 6) is -0.239. The van der Waals surface area contributed by atoms with E-state index < -0.39 is 5.54 Å². The van der Waals surface area contributed by atoms with Crippen LogP contribution in [-0.2, 0) is 16.1 Å². The van der Waals surface area contributed by atoms with Crippen LogP contribution in [0.1, 0.15) is 32.8 Å². The number of nitrogens with zero attached hydrogens (tertiary/aromatic N) is 1. The molecule has 1 N–H and O–H groups in total. The summed E-state index contributed by atoms with van der Waals surface area (Å²) in [6.07, 6.45) is 0.278. The van der Waals surface area contributed by atoms with Gasteiger partial charge in [-0.15, -0.1) is 0 Å². The van der Waals surface area contributed by atoms with E-state index in [0.29, 0.717) is 16.6 Å². The Morgan fingerprint density at radius 2 is 2.00 bits per heavy atom. The predicted molar refractivity (Wildman–Crippen MR) is 83.3 cm³/mol. The van der Waals surface area contributed by atoms with Gasteiger partial charge in [-0.1, -0.05) is 29.3 Å². The van der Waals surface area contributed by atoms with E-state index in [4.69, 9.17) is 23.2 Å². The number of amides is 2. The van der Waals surface area contributed by atoms with Crippen LogP contribution in [-0.4, -0.2) is 28.3 Å². The molecule has 0 radical (unpaired) electrons. The summed E-state index contributed by atoms with van der Waals surface area (Å²) in [6, 6.07) is 5.01. The Bertz CT molecular complexity index is 587. The lowest BCUT2D eigenvalue weighted by molar-refractivity contribution is -0.139. The van der Waals surface area contributed by atoms with Gasteiger partial charge in [-0.05, 0) is 38.5 Å². The van der Waals surface area contributed by atoms with Gasteiger partial charge in [-0.2, -0.15) is 0 Å². The Balaban J connectivity index is 2.31. The molecular weight excluding hydrogens is 311 g/mol. The maximum Gasteiger partial charge on any atom is 0.248 e. The van der Waals surface area contributed by atoms with Crippen LogP contribution in [0.3, 0.4) is 0 Å². The number of benzene rings is 1. The number of rotatable bonds is 2. The van der Waals surface area contributed by atoms with Crippen molar-refractivity contribution in [1.29, 1.82) is 0 Å². The zero-order valence-corrected chi connectivity index (χ0v) is 13.8. The van der Waals surface area contributed by atoms with E-state index in [1.807, 2.05) is 6.92 Å². The second-order valence-electron chi connectivity index (χ2n) is 5.90. The molecule has 1 unspecified atom stereocenters. The fourth-order valence-electron chi connectivity index (χ4n) is 2.45. The first-order valence-electron chi connectivity index (χ1n) is 6.76. The van der Waals surface area contributed by atoms with Gasteiger partial charge in [-0.25, -0.2) is 0 Å². The van der Waals surface area contributed by atoms with E-state index in [0.717, 1.165) is 5.56 Å². The van der Waals surface area contributed by atoms with Crippen LogP contribution < -0.4 is 5.32 Å². The number of carbonyl (C=O) groups is 2. The fourth-order valence-corrected chi connectivity index (χ4v) is 2.92. The molecule has 2 amide bonds. The lowest BCUT2D eigenvalue weighted by atomic mass is 10.0. The van der Waals surface area contributed by atoms with Crippen LogP contribution in [0.25, 0.3) is 0 Å². The molecule has 1 aliphatic heterocycles. The first-order valence-corrected chi connectivity index (χ1v) is 7.52. The first-order chi connectivity index (χ1) is 9.70. The Morgan fingerprint density at radius 3 is 2.62 bits per heavy atom. The topological polar surface area (TPSA) is 49.4 Å². The van der Waals surface area contributed by atoms with Crippen LogP contribution in [0.2, 0.25) is 10.0 Å². The summed E-state index contributed by atoms with van der Waals surface area (Å²) in [4.78, 5) is 26.2. The maximum atomic E-state index is 12.6. The second-order valence-corrected chi connectivity index (χ2v) is 6.74. The highest BCUT2D eigenvalue weighted by Gasteiger charge is 2.39. The summed E-state index contributed by atoms with van der Waals surface area (Å²) < 4.78 is 0. The lowest BCUT2D eigenvalue weighted by Gasteiger charge is -2.32. The quantitative estimate of drug-likeness (QED) is 0.907. The van der Waals surface area contributed by atoms with Gasteiger partial charge < -0.3 is 10.2 Å². The molecule has 2 rings (SSSR count). The van der Waals surface area contributed by atoms with Crippen molar-refractivity contribution >= 4 is 35.0 Å². The van der Waals surface area contributed by atoms with Crippen molar-refractivity contribution < 1.29 is 9.59 Å². The van der Waals surface area contributed by atoms with Crippen molar-refractivity contribution in [2.45, 2.75) is 45.3 Å². The standard InChI is InChI=1S/C15H18Cl2N2O2/c1-9-6-13(20)18-15(2,3)14(21)19(9)8-10-4-5-11(16)7-12(10)17/h4-5,7,9H,6,8H2,1-3H3,(H,18,20). The summed E-state index contributed by atoms with van der Waals surface area (Å²) in [7, 11) is 0. The van der Waals surface area contributed by atoms with Gasteiger partial charge in [0.05, 0.1) is 0 Å². The van der Waals surface area contributed by atoms with Gasteiger partial charge in [0.15, 0.2) is 0 Å². The third-order valence-electron chi connectivity index (χ3n) is 3.62. The minimum Gasteiger partial charge on any atom is -0.342 e. The number of halogens is 2. The van der Waals surface area contributed by atoms with Crippen molar-refractivity contribution in [3.63, 3.8) is 0 Å². The molecule has 1 fully saturated rings. The molecule has 1 saturated heterocycles. The molecule has 0 bridgehead atoms. The minimum absolute atomic E-state index is 0.119. The molecular formula is C15H18Cl2N2O2. The summed E-state index contributed by atoms with van der Waals surface area (Å²) >= 11 is 12.1. The molecule has 1 atom stereocenters.